The molecule has 0 bridgehead atoms. The van der Waals surface area contributed by atoms with Gasteiger partial charge in [0.05, 0.1) is 18.9 Å². The Kier molecular flexibility index (Phi) is 7.29. The third-order valence-corrected chi connectivity index (χ3v) is 3.44. The first-order chi connectivity index (χ1) is 11.7. The fourth-order valence-electron chi connectivity index (χ4n) is 2.10. The van der Waals surface area contributed by atoms with Crippen molar-refractivity contribution in [2.24, 2.45) is 4.99 Å². The summed E-state index contributed by atoms with van der Waals surface area (Å²) in [6, 6.07) is 10.1. The molecule has 2 N–H and O–H groups in total. The lowest BCUT2D eigenvalue weighted by molar-refractivity contribution is 0.125. The highest BCUT2D eigenvalue weighted by molar-refractivity contribution is 5.79. The summed E-state index contributed by atoms with van der Waals surface area (Å²) in [5.74, 6) is 2.20. The molecule has 0 spiro atoms. The number of hydrogen-bond acceptors (Lipinski definition) is 4. The van der Waals surface area contributed by atoms with Crippen LogP contribution in [0.15, 0.2) is 39.7 Å². The highest BCUT2D eigenvalue weighted by atomic mass is 16.5. The molecule has 0 aliphatic rings. The van der Waals surface area contributed by atoms with Gasteiger partial charge in [-0.2, -0.15) is 0 Å². The van der Waals surface area contributed by atoms with Gasteiger partial charge in [-0.1, -0.05) is 30.3 Å². The van der Waals surface area contributed by atoms with Crippen LogP contribution in [0.3, 0.4) is 0 Å². The minimum Gasteiger partial charge on any atom is -0.444 e. The molecule has 0 aliphatic heterocycles. The van der Waals surface area contributed by atoms with Gasteiger partial charge in [0.1, 0.15) is 12.3 Å². The van der Waals surface area contributed by atoms with Gasteiger partial charge in [-0.05, 0) is 26.3 Å². The number of guanidine groups is 1. The molecule has 2 rings (SSSR count). The fourth-order valence-corrected chi connectivity index (χ4v) is 2.10. The summed E-state index contributed by atoms with van der Waals surface area (Å²) in [7, 11) is 0. The molecule has 0 saturated heterocycles. The van der Waals surface area contributed by atoms with E-state index < -0.39 is 0 Å². The van der Waals surface area contributed by atoms with Crippen molar-refractivity contribution in [3.8, 4) is 0 Å². The monoisotopic (exact) mass is 330 g/mol. The molecule has 0 radical (unpaired) electrons. The van der Waals surface area contributed by atoms with Gasteiger partial charge in [-0.3, -0.25) is 0 Å². The zero-order valence-electron chi connectivity index (χ0n) is 14.6. The summed E-state index contributed by atoms with van der Waals surface area (Å²) in [6.07, 6.45) is 0. The van der Waals surface area contributed by atoms with E-state index in [9.17, 15) is 0 Å². The van der Waals surface area contributed by atoms with Crippen molar-refractivity contribution in [3.05, 3.63) is 53.2 Å². The third kappa shape index (κ3) is 6.04. The minimum atomic E-state index is 0.412. The van der Waals surface area contributed by atoms with E-state index >= 15 is 0 Å². The molecule has 24 heavy (non-hydrogen) atoms. The quantitative estimate of drug-likeness (QED) is 0.442. The summed E-state index contributed by atoms with van der Waals surface area (Å²) in [6.45, 7) is 8.98. The standard InChI is InChI=1S/C18H26N4O2/c1-4-19-18(21-12-17-22-14(2)15(3)24-17)20-10-11-23-13-16-8-6-5-7-9-16/h5-9H,4,10-13H2,1-3H3,(H2,19,20,21). The molecule has 0 saturated carbocycles. The minimum absolute atomic E-state index is 0.412. The van der Waals surface area contributed by atoms with Crippen molar-refractivity contribution in [1.29, 1.82) is 0 Å². The van der Waals surface area contributed by atoms with E-state index in [1.54, 1.807) is 0 Å². The Morgan fingerprint density at radius 3 is 2.67 bits per heavy atom. The largest absolute Gasteiger partial charge is 0.444 e. The molecule has 6 nitrogen and oxygen atoms in total. The van der Waals surface area contributed by atoms with Crippen LogP contribution >= 0.6 is 0 Å². The van der Waals surface area contributed by atoms with Crippen LogP contribution in [0.5, 0.6) is 0 Å². The Bertz CT molecular complexity index is 618. The van der Waals surface area contributed by atoms with Crippen molar-refractivity contribution in [3.63, 3.8) is 0 Å². The summed E-state index contributed by atoms with van der Waals surface area (Å²) >= 11 is 0. The lowest BCUT2D eigenvalue weighted by Gasteiger charge is -2.11. The second-order valence-corrected chi connectivity index (χ2v) is 5.41. The first-order valence-electron chi connectivity index (χ1n) is 8.25. The van der Waals surface area contributed by atoms with Crippen LogP contribution in [0.25, 0.3) is 0 Å². The van der Waals surface area contributed by atoms with Gasteiger partial charge in [0.25, 0.3) is 0 Å². The smallest absolute Gasteiger partial charge is 0.216 e. The molecule has 0 atom stereocenters. The molecule has 6 heteroatoms. The van der Waals surface area contributed by atoms with Gasteiger partial charge in [0.15, 0.2) is 5.96 Å². The van der Waals surface area contributed by atoms with Crippen LogP contribution < -0.4 is 10.6 Å². The molecule has 130 valence electrons. The Hall–Kier alpha value is -2.34. The third-order valence-electron chi connectivity index (χ3n) is 3.44. The molecule has 2 aromatic rings. The Morgan fingerprint density at radius 2 is 2.00 bits per heavy atom. The second-order valence-electron chi connectivity index (χ2n) is 5.41. The van der Waals surface area contributed by atoms with Gasteiger partial charge in [0.2, 0.25) is 5.89 Å². The summed E-state index contributed by atoms with van der Waals surface area (Å²) in [5, 5.41) is 6.44. The molecule has 1 heterocycles. The number of ether oxygens (including phenoxy) is 1. The van der Waals surface area contributed by atoms with E-state index in [-0.39, 0.29) is 0 Å². The van der Waals surface area contributed by atoms with Crippen LogP contribution in [0.2, 0.25) is 0 Å². The number of nitrogens with one attached hydrogen (secondary N) is 2. The van der Waals surface area contributed by atoms with Gasteiger partial charge in [0, 0.05) is 13.1 Å². The highest BCUT2D eigenvalue weighted by Crippen LogP contribution is 2.08. The SMILES string of the molecule is CCNC(=NCc1nc(C)c(C)o1)NCCOCc1ccccc1. The Morgan fingerprint density at radius 1 is 1.21 bits per heavy atom. The number of aliphatic imine (C=N–C) groups is 1. The van der Waals surface area contributed by atoms with E-state index in [0.29, 0.717) is 32.2 Å². The number of rotatable bonds is 8. The Balaban J connectivity index is 1.73. The molecule has 0 unspecified atom stereocenters. The van der Waals surface area contributed by atoms with Crippen molar-refractivity contribution >= 4 is 5.96 Å². The summed E-state index contributed by atoms with van der Waals surface area (Å²) in [4.78, 5) is 8.81. The van der Waals surface area contributed by atoms with Crippen LogP contribution in [-0.2, 0) is 17.9 Å². The fraction of sp³-hybridized carbons (Fsp3) is 0.444. The maximum absolute atomic E-state index is 5.65. The first-order valence-corrected chi connectivity index (χ1v) is 8.25. The summed E-state index contributed by atoms with van der Waals surface area (Å²) in [5.41, 5.74) is 2.08. The summed E-state index contributed by atoms with van der Waals surface area (Å²) < 4.78 is 11.2. The molecular formula is C18H26N4O2. The topological polar surface area (TPSA) is 71.7 Å². The molecular weight excluding hydrogens is 304 g/mol. The van der Waals surface area contributed by atoms with Crippen molar-refractivity contribution in [2.75, 3.05) is 19.7 Å². The Labute approximate surface area is 143 Å². The van der Waals surface area contributed by atoms with Gasteiger partial charge in [-0.15, -0.1) is 0 Å². The van der Waals surface area contributed by atoms with Gasteiger partial charge >= 0.3 is 0 Å². The zero-order chi connectivity index (χ0) is 17.2. The van der Waals surface area contributed by atoms with Crippen molar-refractivity contribution < 1.29 is 9.15 Å². The number of aromatic nitrogens is 1. The van der Waals surface area contributed by atoms with E-state index in [4.69, 9.17) is 9.15 Å². The number of benzene rings is 1. The van der Waals surface area contributed by atoms with Crippen LogP contribution in [0.4, 0.5) is 0 Å². The zero-order valence-corrected chi connectivity index (χ0v) is 14.6. The van der Waals surface area contributed by atoms with Crippen molar-refractivity contribution in [1.82, 2.24) is 15.6 Å². The average Bonchev–Trinajstić information content (AvgIpc) is 2.91. The lowest BCUT2D eigenvalue weighted by Crippen LogP contribution is -2.39. The van der Waals surface area contributed by atoms with Crippen LogP contribution in [0, 0.1) is 13.8 Å². The molecule has 1 aromatic carbocycles. The molecule has 0 amide bonds. The van der Waals surface area contributed by atoms with E-state index in [2.05, 4.69) is 32.7 Å². The molecule has 1 aromatic heterocycles. The average molecular weight is 330 g/mol. The second kappa shape index (κ2) is 9.72. The molecule has 0 fully saturated rings. The van der Waals surface area contributed by atoms with E-state index in [1.165, 1.54) is 5.56 Å². The maximum Gasteiger partial charge on any atom is 0.216 e. The predicted molar refractivity (Wildman–Crippen MR) is 94.9 cm³/mol. The number of nitrogens with zero attached hydrogens (tertiary/aromatic N) is 2. The lowest BCUT2D eigenvalue weighted by atomic mass is 10.2. The van der Waals surface area contributed by atoms with Crippen molar-refractivity contribution in [2.45, 2.75) is 33.9 Å². The highest BCUT2D eigenvalue weighted by Gasteiger charge is 2.05. The number of aryl methyl sites for hydroxylation is 2. The van der Waals surface area contributed by atoms with E-state index in [1.807, 2.05) is 39.0 Å². The van der Waals surface area contributed by atoms with E-state index in [0.717, 1.165) is 24.0 Å². The van der Waals surface area contributed by atoms with Gasteiger partial charge < -0.3 is 19.8 Å². The maximum atomic E-state index is 5.65. The van der Waals surface area contributed by atoms with Crippen LogP contribution in [0.1, 0.15) is 29.8 Å². The van der Waals surface area contributed by atoms with Crippen LogP contribution in [-0.4, -0.2) is 30.6 Å². The molecule has 0 aliphatic carbocycles. The normalized spacial score (nSPS) is 11.5. The predicted octanol–water partition coefficient (Wildman–Crippen LogP) is 2.56. The number of hydrogen-bond donors (Lipinski definition) is 2. The van der Waals surface area contributed by atoms with Gasteiger partial charge in [-0.25, -0.2) is 9.98 Å². The first kappa shape index (κ1) is 18.0. The number of oxazole rings is 1.